The van der Waals surface area contributed by atoms with Crippen molar-refractivity contribution in [2.45, 2.75) is 38.6 Å². The molecule has 2 amide bonds. The number of hydrogen-bond acceptors (Lipinski definition) is 6. The van der Waals surface area contributed by atoms with E-state index in [4.69, 9.17) is 21.7 Å². The summed E-state index contributed by atoms with van der Waals surface area (Å²) in [6.07, 6.45) is 1.69. The van der Waals surface area contributed by atoms with Crippen molar-refractivity contribution in [3.05, 3.63) is 29.8 Å². The SMILES string of the molecule is CCCCOC(=O)C[C@@H]1C(=O)NCCN1C(=S)NC(=O)Cc1ccc(OC)cc1. The van der Waals surface area contributed by atoms with Crippen LogP contribution in [0.15, 0.2) is 24.3 Å². The Hall–Kier alpha value is -2.68. The summed E-state index contributed by atoms with van der Waals surface area (Å²) in [5.41, 5.74) is 0.804. The first-order valence-corrected chi connectivity index (χ1v) is 10.0. The van der Waals surface area contributed by atoms with Crippen LogP contribution in [0.5, 0.6) is 5.75 Å². The molecule has 0 radical (unpaired) electrons. The van der Waals surface area contributed by atoms with Gasteiger partial charge in [-0.05, 0) is 36.3 Å². The van der Waals surface area contributed by atoms with Crippen LogP contribution in [0.1, 0.15) is 31.7 Å². The van der Waals surface area contributed by atoms with Crippen LogP contribution in [0.25, 0.3) is 0 Å². The average Bonchev–Trinajstić information content (AvgIpc) is 2.70. The lowest BCUT2D eigenvalue weighted by atomic mass is 10.1. The molecule has 1 aliphatic heterocycles. The van der Waals surface area contributed by atoms with Gasteiger partial charge in [0, 0.05) is 13.1 Å². The highest BCUT2D eigenvalue weighted by Gasteiger charge is 2.34. The molecule has 0 aromatic heterocycles. The zero-order valence-electron chi connectivity index (χ0n) is 16.7. The van der Waals surface area contributed by atoms with Crippen molar-refractivity contribution in [3.63, 3.8) is 0 Å². The maximum atomic E-state index is 12.4. The summed E-state index contributed by atoms with van der Waals surface area (Å²) in [4.78, 5) is 38.2. The third kappa shape index (κ3) is 7.01. The van der Waals surface area contributed by atoms with Gasteiger partial charge in [0.25, 0.3) is 0 Å². The van der Waals surface area contributed by atoms with Crippen LogP contribution in [0.2, 0.25) is 0 Å². The van der Waals surface area contributed by atoms with Gasteiger partial charge in [0.15, 0.2) is 5.11 Å². The highest BCUT2D eigenvalue weighted by Crippen LogP contribution is 2.13. The van der Waals surface area contributed by atoms with E-state index < -0.39 is 12.0 Å². The lowest BCUT2D eigenvalue weighted by molar-refractivity contribution is -0.147. The molecule has 29 heavy (non-hydrogen) atoms. The topological polar surface area (TPSA) is 97.0 Å². The summed E-state index contributed by atoms with van der Waals surface area (Å²) in [6, 6.07) is 6.34. The maximum absolute atomic E-state index is 12.4. The minimum absolute atomic E-state index is 0.121. The molecule has 1 atom stereocenters. The molecule has 2 rings (SSSR count). The van der Waals surface area contributed by atoms with Crippen molar-refractivity contribution in [1.29, 1.82) is 0 Å². The summed E-state index contributed by atoms with van der Waals surface area (Å²) >= 11 is 5.34. The number of nitrogens with one attached hydrogen (secondary N) is 2. The first-order valence-electron chi connectivity index (χ1n) is 9.61. The molecule has 158 valence electrons. The lowest BCUT2D eigenvalue weighted by Crippen LogP contribution is -2.60. The standard InChI is InChI=1S/C20H27N3O5S/c1-3-4-11-28-18(25)13-16-19(26)21-9-10-23(16)20(29)22-17(24)12-14-5-7-15(27-2)8-6-14/h5-8,16H,3-4,9-13H2,1-2H3,(H,21,26)(H,22,24,29)/t16-/m1/s1. The minimum Gasteiger partial charge on any atom is -0.497 e. The van der Waals surface area contributed by atoms with Crippen LogP contribution in [0, 0.1) is 0 Å². The smallest absolute Gasteiger partial charge is 0.308 e. The van der Waals surface area contributed by atoms with E-state index in [-0.39, 0.29) is 29.8 Å². The Morgan fingerprint density at radius 1 is 1.31 bits per heavy atom. The molecular weight excluding hydrogens is 394 g/mol. The molecule has 0 aliphatic carbocycles. The molecule has 9 heteroatoms. The number of hydrogen-bond donors (Lipinski definition) is 2. The number of carbonyl (C=O) groups excluding carboxylic acids is 3. The van der Waals surface area contributed by atoms with Crippen molar-refractivity contribution < 1.29 is 23.9 Å². The fourth-order valence-electron chi connectivity index (χ4n) is 2.87. The van der Waals surface area contributed by atoms with E-state index in [1.807, 2.05) is 6.92 Å². The molecule has 1 heterocycles. The third-order valence-electron chi connectivity index (χ3n) is 4.48. The fourth-order valence-corrected chi connectivity index (χ4v) is 3.20. The number of amides is 2. The largest absolute Gasteiger partial charge is 0.497 e. The van der Waals surface area contributed by atoms with Gasteiger partial charge in [-0.3, -0.25) is 14.4 Å². The zero-order chi connectivity index (χ0) is 21.2. The monoisotopic (exact) mass is 421 g/mol. The molecule has 1 fully saturated rings. The number of thiocarbonyl (C=S) groups is 1. The Morgan fingerprint density at radius 3 is 2.69 bits per heavy atom. The van der Waals surface area contributed by atoms with Crippen LogP contribution in [0.3, 0.4) is 0 Å². The van der Waals surface area contributed by atoms with Gasteiger partial charge in [0.2, 0.25) is 11.8 Å². The predicted octanol–water partition coefficient (Wildman–Crippen LogP) is 1.17. The molecule has 1 aromatic carbocycles. The quantitative estimate of drug-likeness (QED) is 0.369. The molecule has 0 unspecified atom stereocenters. The van der Waals surface area contributed by atoms with Crippen molar-refractivity contribution in [1.82, 2.24) is 15.5 Å². The molecule has 0 spiro atoms. The summed E-state index contributed by atoms with van der Waals surface area (Å²) in [5.74, 6) is -0.360. The van der Waals surface area contributed by atoms with Crippen LogP contribution >= 0.6 is 12.2 Å². The number of unbranched alkanes of at least 4 members (excludes halogenated alkanes) is 1. The number of ether oxygens (including phenoxy) is 2. The van der Waals surface area contributed by atoms with Gasteiger partial charge >= 0.3 is 5.97 Å². The van der Waals surface area contributed by atoms with Crippen molar-refractivity contribution in [3.8, 4) is 5.75 Å². The Labute approximate surface area is 175 Å². The molecule has 0 bridgehead atoms. The van der Waals surface area contributed by atoms with Crippen LogP contribution in [-0.4, -0.2) is 60.6 Å². The summed E-state index contributed by atoms with van der Waals surface area (Å²) in [6.45, 7) is 3.11. The van der Waals surface area contributed by atoms with E-state index in [1.54, 1.807) is 36.3 Å². The van der Waals surface area contributed by atoms with Crippen LogP contribution in [-0.2, 0) is 25.5 Å². The highest BCUT2D eigenvalue weighted by molar-refractivity contribution is 7.80. The average molecular weight is 422 g/mol. The molecule has 8 nitrogen and oxygen atoms in total. The van der Waals surface area contributed by atoms with E-state index >= 15 is 0 Å². The second-order valence-electron chi connectivity index (χ2n) is 6.66. The first kappa shape index (κ1) is 22.6. The summed E-state index contributed by atoms with van der Waals surface area (Å²) in [7, 11) is 1.57. The molecule has 2 N–H and O–H groups in total. The Morgan fingerprint density at radius 2 is 2.03 bits per heavy atom. The second-order valence-corrected chi connectivity index (χ2v) is 7.04. The predicted molar refractivity (Wildman–Crippen MR) is 111 cm³/mol. The van der Waals surface area contributed by atoms with Gasteiger partial charge in [0.1, 0.15) is 11.8 Å². The minimum atomic E-state index is -0.799. The van der Waals surface area contributed by atoms with E-state index in [2.05, 4.69) is 10.6 Å². The third-order valence-corrected chi connectivity index (χ3v) is 4.82. The number of esters is 1. The van der Waals surface area contributed by atoms with Gasteiger partial charge in [-0.25, -0.2) is 0 Å². The zero-order valence-corrected chi connectivity index (χ0v) is 17.5. The molecule has 1 saturated heterocycles. The van der Waals surface area contributed by atoms with Gasteiger partial charge in [-0.2, -0.15) is 0 Å². The molecule has 0 saturated carbocycles. The lowest BCUT2D eigenvalue weighted by Gasteiger charge is -2.36. The fraction of sp³-hybridized carbons (Fsp3) is 0.500. The van der Waals surface area contributed by atoms with Gasteiger partial charge in [-0.15, -0.1) is 0 Å². The van der Waals surface area contributed by atoms with Gasteiger partial charge < -0.3 is 25.0 Å². The Bertz CT molecular complexity index is 738. The van der Waals surface area contributed by atoms with Crippen LogP contribution in [0.4, 0.5) is 0 Å². The number of piperazine rings is 1. The summed E-state index contributed by atoms with van der Waals surface area (Å²) < 4.78 is 10.3. The van der Waals surface area contributed by atoms with E-state index in [0.29, 0.717) is 25.4 Å². The van der Waals surface area contributed by atoms with Gasteiger partial charge in [0.05, 0.1) is 26.6 Å². The number of carbonyl (C=O) groups is 3. The number of benzene rings is 1. The van der Waals surface area contributed by atoms with E-state index in [1.165, 1.54) is 0 Å². The number of methoxy groups -OCH3 is 1. The van der Waals surface area contributed by atoms with E-state index in [0.717, 1.165) is 18.4 Å². The second kappa shape index (κ2) is 11.4. The van der Waals surface area contributed by atoms with Crippen molar-refractivity contribution in [2.75, 3.05) is 26.8 Å². The van der Waals surface area contributed by atoms with Crippen LogP contribution < -0.4 is 15.4 Å². The number of nitrogens with zero attached hydrogens (tertiary/aromatic N) is 1. The van der Waals surface area contributed by atoms with E-state index in [9.17, 15) is 14.4 Å². The molecule has 1 aromatic rings. The Kier molecular flexibility index (Phi) is 8.85. The maximum Gasteiger partial charge on any atom is 0.308 e. The molecule has 1 aliphatic rings. The van der Waals surface area contributed by atoms with Gasteiger partial charge in [-0.1, -0.05) is 25.5 Å². The summed E-state index contributed by atoms with van der Waals surface area (Å²) in [5, 5.41) is 5.51. The van der Waals surface area contributed by atoms with Crippen molar-refractivity contribution >= 4 is 35.1 Å². The Balaban J connectivity index is 1.93. The van der Waals surface area contributed by atoms with Crippen molar-refractivity contribution in [2.24, 2.45) is 0 Å². The highest BCUT2D eigenvalue weighted by atomic mass is 32.1. The normalized spacial score (nSPS) is 16.0. The molecular formula is C20H27N3O5S. The number of rotatable bonds is 8. The first-order chi connectivity index (χ1) is 13.9.